The van der Waals surface area contributed by atoms with E-state index in [2.05, 4.69) is 0 Å². The fourth-order valence-corrected chi connectivity index (χ4v) is 2.73. The molecule has 1 heterocycles. The molecule has 0 bridgehead atoms. The summed E-state index contributed by atoms with van der Waals surface area (Å²) in [6.07, 6.45) is 7.53. The number of rotatable bonds is 4. The van der Waals surface area contributed by atoms with Crippen LogP contribution in [0.1, 0.15) is 55.1 Å². The maximum atomic E-state index is 12.4. The Morgan fingerprint density at radius 3 is 2.63 bits per heavy atom. The highest BCUT2D eigenvalue weighted by Crippen LogP contribution is 2.24. The number of nitrogens with two attached hydrogens (primary N) is 1. The molecule has 0 saturated heterocycles. The number of furan rings is 1. The van der Waals surface area contributed by atoms with Crippen LogP contribution in [0.4, 0.5) is 0 Å². The molecule has 1 amide bonds. The Kier molecular flexibility index (Phi) is 6.38. The lowest BCUT2D eigenvalue weighted by atomic mass is 9.94. The second-order valence-corrected chi connectivity index (χ2v) is 4.89. The van der Waals surface area contributed by atoms with Gasteiger partial charge in [0.1, 0.15) is 12.0 Å². The number of nitrogens with zero attached hydrogens (tertiary/aromatic N) is 1. The second kappa shape index (κ2) is 7.56. The summed E-state index contributed by atoms with van der Waals surface area (Å²) in [7, 11) is 0. The standard InChI is InChI=1S/C14H22N2O2.ClH/c1-2-16(12-6-4-3-5-7-12)14(17)11-8-13(9-15)18-10-11;/h8,10,12H,2-7,9,15H2,1H3;1H. The number of hydrogen-bond donors (Lipinski definition) is 1. The number of hydrogen-bond acceptors (Lipinski definition) is 3. The molecule has 1 saturated carbocycles. The van der Waals surface area contributed by atoms with E-state index in [4.69, 9.17) is 10.2 Å². The number of amides is 1. The molecule has 0 aromatic carbocycles. The van der Waals surface area contributed by atoms with Crippen LogP contribution in [0, 0.1) is 0 Å². The summed E-state index contributed by atoms with van der Waals surface area (Å²) in [5.74, 6) is 0.742. The van der Waals surface area contributed by atoms with Crippen LogP contribution >= 0.6 is 12.4 Å². The number of carbonyl (C=O) groups is 1. The SMILES string of the molecule is CCN(C(=O)c1coc(CN)c1)C1CCCCC1.Cl. The molecule has 1 aliphatic rings. The molecule has 1 aromatic rings. The van der Waals surface area contributed by atoms with Crippen molar-refractivity contribution in [3.63, 3.8) is 0 Å². The lowest BCUT2D eigenvalue weighted by Crippen LogP contribution is -2.41. The van der Waals surface area contributed by atoms with E-state index in [1.165, 1.54) is 25.5 Å². The highest BCUT2D eigenvalue weighted by molar-refractivity contribution is 5.94. The Balaban J connectivity index is 0.00000180. The first-order valence-electron chi connectivity index (χ1n) is 6.84. The maximum absolute atomic E-state index is 12.4. The summed E-state index contributed by atoms with van der Waals surface area (Å²) in [5.41, 5.74) is 6.12. The van der Waals surface area contributed by atoms with Gasteiger partial charge >= 0.3 is 0 Å². The van der Waals surface area contributed by atoms with Crippen LogP contribution in [-0.4, -0.2) is 23.4 Å². The fourth-order valence-electron chi connectivity index (χ4n) is 2.73. The van der Waals surface area contributed by atoms with E-state index in [1.54, 1.807) is 6.07 Å². The van der Waals surface area contributed by atoms with Crippen LogP contribution in [0.2, 0.25) is 0 Å². The molecule has 0 unspecified atom stereocenters. The Bertz CT molecular complexity index is 400. The van der Waals surface area contributed by atoms with Crippen LogP contribution in [-0.2, 0) is 6.54 Å². The van der Waals surface area contributed by atoms with E-state index in [-0.39, 0.29) is 18.3 Å². The van der Waals surface area contributed by atoms with E-state index in [0.29, 0.717) is 23.9 Å². The first-order valence-corrected chi connectivity index (χ1v) is 6.84. The summed E-state index contributed by atoms with van der Waals surface area (Å²) in [5, 5.41) is 0. The van der Waals surface area contributed by atoms with Gasteiger partial charge in [-0.1, -0.05) is 19.3 Å². The molecule has 0 radical (unpaired) electrons. The molecule has 0 atom stereocenters. The molecule has 19 heavy (non-hydrogen) atoms. The zero-order valence-corrected chi connectivity index (χ0v) is 12.2. The minimum Gasteiger partial charge on any atom is -0.467 e. The van der Waals surface area contributed by atoms with Crippen LogP contribution < -0.4 is 5.73 Å². The van der Waals surface area contributed by atoms with Crippen LogP contribution in [0.5, 0.6) is 0 Å². The maximum Gasteiger partial charge on any atom is 0.257 e. The van der Waals surface area contributed by atoms with Crippen LogP contribution in [0.3, 0.4) is 0 Å². The van der Waals surface area contributed by atoms with Gasteiger partial charge in [-0.3, -0.25) is 4.79 Å². The summed E-state index contributed by atoms with van der Waals surface area (Å²) in [6, 6.07) is 2.15. The summed E-state index contributed by atoms with van der Waals surface area (Å²) in [4.78, 5) is 14.4. The van der Waals surface area contributed by atoms with Crippen molar-refractivity contribution in [3.05, 3.63) is 23.7 Å². The van der Waals surface area contributed by atoms with Crippen molar-refractivity contribution >= 4 is 18.3 Å². The van der Waals surface area contributed by atoms with Gasteiger partial charge in [-0.25, -0.2) is 0 Å². The molecule has 4 nitrogen and oxygen atoms in total. The normalized spacial score (nSPS) is 15.9. The van der Waals surface area contributed by atoms with Gasteiger partial charge < -0.3 is 15.1 Å². The van der Waals surface area contributed by atoms with E-state index in [9.17, 15) is 4.79 Å². The lowest BCUT2D eigenvalue weighted by Gasteiger charge is -2.33. The third-order valence-corrected chi connectivity index (χ3v) is 3.72. The van der Waals surface area contributed by atoms with Crippen molar-refractivity contribution in [2.45, 2.75) is 51.6 Å². The van der Waals surface area contributed by atoms with Crippen LogP contribution in [0.25, 0.3) is 0 Å². The van der Waals surface area contributed by atoms with Gasteiger partial charge in [-0.15, -0.1) is 12.4 Å². The first kappa shape index (κ1) is 16.1. The Morgan fingerprint density at radius 2 is 2.11 bits per heavy atom. The first-order chi connectivity index (χ1) is 8.76. The molecular weight excluding hydrogens is 264 g/mol. The van der Waals surface area contributed by atoms with Crippen molar-refractivity contribution in [3.8, 4) is 0 Å². The third kappa shape index (κ3) is 3.74. The van der Waals surface area contributed by atoms with E-state index >= 15 is 0 Å². The van der Waals surface area contributed by atoms with Crippen molar-refractivity contribution in [1.29, 1.82) is 0 Å². The largest absolute Gasteiger partial charge is 0.467 e. The Labute approximate surface area is 120 Å². The van der Waals surface area contributed by atoms with Crippen LogP contribution in [0.15, 0.2) is 16.7 Å². The monoisotopic (exact) mass is 286 g/mol. The highest BCUT2D eigenvalue weighted by Gasteiger charge is 2.25. The third-order valence-electron chi connectivity index (χ3n) is 3.72. The molecule has 0 aliphatic heterocycles. The quantitative estimate of drug-likeness (QED) is 0.926. The van der Waals surface area contributed by atoms with E-state index in [1.807, 2.05) is 11.8 Å². The second-order valence-electron chi connectivity index (χ2n) is 4.89. The molecule has 5 heteroatoms. The molecule has 0 spiro atoms. The minimum absolute atomic E-state index is 0. The number of carbonyl (C=O) groups excluding carboxylic acids is 1. The lowest BCUT2D eigenvalue weighted by molar-refractivity contribution is 0.0647. The Morgan fingerprint density at radius 1 is 1.42 bits per heavy atom. The molecule has 1 fully saturated rings. The van der Waals surface area contributed by atoms with Gasteiger partial charge in [0.25, 0.3) is 5.91 Å². The predicted octanol–water partition coefficient (Wildman–Crippen LogP) is 2.95. The predicted molar refractivity (Wildman–Crippen MR) is 77.4 cm³/mol. The van der Waals surface area contributed by atoms with Gasteiger partial charge in [0.2, 0.25) is 0 Å². The van der Waals surface area contributed by atoms with Crippen molar-refractivity contribution < 1.29 is 9.21 Å². The topological polar surface area (TPSA) is 59.5 Å². The summed E-state index contributed by atoms with van der Waals surface area (Å²) >= 11 is 0. The van der Waals surface area contributed by atoms with Gasteiger partial charge in [0, 0.05) is 12.6 Å². The van der Waals surface area contributed by atoms with E-state index < -0.39 is 0 Å². The zero-order valence-electron chi connectivity index (χ0n) is 11.4. The molecule has 1 aliphatic carbocycles. The average molecular weight is 287 g/mol. The molecule has 2 rings (SSSR count). The summed E-state index contributed by atoms with van der Waals surface area (Å²) < 4.78 is 5.24. The van der Waals surface area contributed by atoms with Crippen molar-refractivity contribution in [1.82, 2.24) is 4.90 Å². The van der Waals surface area contributed by atoms with Gasteiger partial charge in [-0.05, 0) is 25.8 Å². The van der Waals surface area contributed by atoms with Crippen molar-refractivity contribution in [2.75, 3.05) is 6.54 Å². The highest BCUT2D eigenvalue weighted by atomic mass is 35.5. The molecule has 1 aromatic heterocycles. The summed E-state index contributed by atoms with van der Waals surface area (Å²) in [6.45, 7) is 3.13. The number of halogens is 1. The molecule has 2 N–H and O–H groups in total. The average Bonchev–Trinajstić information content (AvgIpc) is 2.89. The molecule has 108 valence electrons. The Hall–Kier alpha value is -1.00. The van der Waals surface area contributed by atoms with Gasteiger partial charge in [0.05, 0.1) is 12.1 Å². The minimum atomic E-state index is 0. The molecular formula is C14H23ClN2O2. The van der Waals surface area contributed by atoms with E-state index in [0.717, 1.165) is 19.4 Å². The van der Waals surface area contributed by atoms with Gasteiger partial charge in [-0.2, -0.15) is 0 Å². The van der Waals surface area contributed by atoms with Crippen molar-refractivity contribution in [2.24, 2.45) is 5.73 Å². The smallest absolute Gasteiger partial charge is 0.257 e. The zero-order chi connectivity index (χ0) is 13.0. The fraction of sp³-hybridized carbons (Fsp3) is 0.643. The van der Waals surface area contributed by atoms with Gasteiger partial charge in [0.15, 0.2) is 0 Å².